The highest BCUT2D eigenvalue weighted by Crippen LogP contribution is 2.25. The van der Waals surface area contributed by atoms with E-state index in [1.165, 1.54) is 35.3 Å². The highest BCUT2D eigenvalue weighted by atomic mass is 19.1. The van der Waals surface area contributed by atoms with Gasteiger partial charge >= 0.3 is 0 Å². The normalized spacial score (nSPS) is 15.6. The number of hydrogen-bond acceptors (Lipinski definition) is 5. The van der Waals surface area contributed by atoms with Gasteiger partial charge in [0.15, 0.2) is 5.65 Å². The van der Waals surface area contributed by atoms with Crippen LogP contribution in [0, 0.1) is 5.82 Å². The maximum atomic E-state index is 13.5. The van der Waals surface area contributed by atoms with Crippen LogP contribution in [0.5, 0.6) is 0 Å². The molecule has 2 aromatic carbocycles. The summed E-state index contributed by atoms with van der Waals surface area (Å²) in [5.41, 5.74) is 0.0829. The number of benzene rings is 2. The van der Waals surface area contributed by atoms with E-state index in [9.17, 15) is 19.1 Å². The molecule has 0 radical (unpaired) electrons. The van der Waals surface area contributed by atoms with Gasteiger partial charge in [0, 0.05) is 18.7 Å². The van der Waals surface area contributed by atoms with Gasteiger partial charge in [0.1, 0.15) is 17.5 Å². The second kappa shape index (κ2) is 8.25. The third kappa shape index (κ3) is 4.03. The Morgan fingerprint density at radius 2 is 1.85 bits per heavy atom. The van der Waals surface area contributed by atoms with E-state index in [1.54, 1.807) is 15.6 Å². The summed E-state index contributed by atoms with van der Waals surface area (Å²) in [5, 5.41) is 15.8. The number of amides is 1. The first-order valence-corrected chi connectivity index (χ1v) is 10.7. The Balaban J connectivity index is 1.32. The number of carbonyl (C=O) groups excluding carboxylic acids is 1. The zero-order valence-corrected chi connectivity index (χ0v) is 17.8. The van der Waals surface area contributed by atoms with Crippen LogP contribution in [0.4, 0.5) is 4.39 Å². The Kier molecular flexibility index (Phi) is 5.26. The molecule has 33 heavy (non-hydrogen) atoms. The summed E-state index contributed by atoms with van der Waals surface area (Å²) in [4.78, 5) is 31.7. The molecule has 0 unspecified atom stereocenters. The van der Waals surface area contributed by atoms with Crippen LogP contribution in [0.2, 0.25) is 0 Å². The molecule has 8 nitrogen and oxygen atoms in total. The minimum atomic E-state index is -1.16. The number of para-hydroxylation sites is 1. The largest absolute Gasteiger partial charge is 0.388 e. The lowest BCUT2D eigenvalue weighted by atomic mass is 9.91. The molecule has 4 aromatic rings. The van der Waals surface area contributed by atoms with Crippen molar-refractivity contribution in [1.29, 1.82) is 0 Å². The van der Waals surface area contributed by atoms with Gasteiger partial charge in [0.2, 0.25) is 0 Å². The van der Waals surface area contributed by atoms with Crippen LogP contribution >= 0.6 is 0 Å². The van der Waals surface area contributed by atoms with Crippen molar-refractivity contribution < 1.29 is 14.3 Å². The number of piperidine rings is 1. The summed E-state index contributed by atoms with van der Waals surface area (Å²) in [7, 11) is 0. The summed E-state index contributed by atoms with van der Waals surface area (Å²) in [6, 6.07) is 15.0. The highest BCUT2D eigenvalue weighted by Gasteiger charge is 2.35. The van der Waals surface area contributed by atoms with Gasteiger partial charge in [-0.3, -0.25) is 14.2 Å². The molecule has 5 rings (SSSR count). The average molecular weight is 447 g/mol. The fourth-order valence-electron chi connectivity index (χ4n) is 4.22. The number of aromatic nitrogens is 4. The molecule has 3 heterocycles. The van der Waals surface area contributed by atoms with Crippen LogP contribution in [0.3, 0.4) is 0 Å². The van der Waals surface area contributed by atoms with E-state index in [1.807, 2.05) is 30.3 Å². The fourth-order valence-corrected chi connectivity index (χ4v) is 4.22. The average Bonchev–Trinajstić information content (AvgIpc) is 3.26. The van der Waals surface area contributed by atoms with Crippen molar-refractivity contribution in [1.82, 2.24) is 24.2 Å². The molecule has 0 atom stereocenters. The van der Waals surface area contributed by atoms with Crippen LogP contribution in [0.1, 0.15) is 23.2 Å². The number of carbonyl (C=O) groups is 1. The van der Waals surface area contributed by atoms with Gasteiger partial charge in [0.25, 0.3) is 11.5 Å². The van der Waals surface area contributed by atoms with Crippen molar-refractivity contribution in [2.75, 3.05) is 13.1 Å². The first-order chi connectivity index (χ1) is 15.9. The van der Waals surface area contributed by atoms with Crippen molar-refractivity contribution in [3.05, 3.63) is 88.9 Å². The molecular formula is C24H22FN5O3. The quantitative estimate of drug-likeness (QED) is 0.519. The molecule has 1 aliphatic heterocycles. The van der Waals surface area contributed by atoms with E-state index in [0.717, 1.165) is 5.69 Å². The van der Waals surface area contributed by atoms with Crippen molar-refractivity contribution in [2.45, 2.75) is 25.0 Å². The second-order valence-electron chi connectivity index (χ2n) is 8.33. The lowest BCUT2D eigenvalue weighted by Crippen LogP contribution is -2.49. The molecule has 1 amide bonds. The molecule has 1 aliphatic rings. The molecule has 168 valence electrons. The van der Waals surface area contributed by atoms with E-state index in [0.29, 0.717) is 37.0 Å². The molecule has 1 saturated heterocycles. The fraction of sp³-hybridized carbons (Fsp3) is 0.250. The highest BCUT2D eigenvalue weighted by molar-refractivity contribution is 5.94. The van der Waals surface area contributed by atoms with Crippen LogP contribution in [-0.2, 0) is 6.54 Å². The molecule has 1 fully saturated rings. The number of aliphatic hydroxyl groups is 1. The predicted octanol–water partition coefficient (Wildman–Crippen LogP) is 2.39. The third-order valence-electron chi connectivity index (χ3n) is 6.07. The Hall–Kier alpha value is -3.85. The zero-order valence-electron chi connectivity index (χ0n) is 17.8. The van der Waals surface area contributed by atoms with E-state index >= 15 is 0 Å². The number of likely N-dealkylation sites (tertiary alicyclic amines) is 1. The minimum Gasteiger partial charge on any atom is -0.388 e. The molecule has 2 aromatic heterocycles. The zero-order chi connectivity index (χ0) is 23.0. The van der Waals surface area contributed by atoms with Gasteiger partial charge in [-0.05, 0) is 43.2 Å². The number of fused-ring (bicyclic) bond motifs is 1. The summed E-state index contributed by atoms with van der Waals surface area (Å²) in [6.07, 6.45) is 3.50. The van der Waals surface area contributed by atoms with E-state index in [2.05, 4.69) is 10.1 Å². The van der Waals surface area contributed by atoms with Gasteiger partial charge in [-0.2, -0.15) is 5.10 Å². The Morgan fingerprint density at radius 1 is 1.09 bits per heavy atom. The van der Waals surface area contributed by atoms with Crippen molar-refractivity contribution in [3.63, 3.8) is 0 Å². The SMILES string of the molecule is O=C(c1cccc(F)c1)N1CCC(O)(Cn2cnc3c(cnn3-c3ccccc3)c2=O)CC1. The summed E-state index contributed by atoms with van der Waals surface area (Å²) >= 11 is 0. The van der Waals surface area contributed by atoms with Gasteiger partial charge in [-0.1, -0.05) is 24.3 Å². The lowest BCUT2D eigenvalue weighted by molar-refractivity contribution is -0.0299. The van der Waals surface area contributed by atoms with Gasteiger partial charge < -0.3 is 10.0 Å². The van der Waals surface area contributed by atoms with Crippen LogP contribution in [0.25, 0.3) is 16.7 Å². The first-order valence-electron chi connectivity index (χ1n) is 10.7. The monoisotopic (exact) mass is 447 g/mol. The minimum absolute atomic E-state index is 0.0628. The van der Waals surface area contributed by atoms with Gasteiger partial charge in [0.05, 0.1) is 24.0 Å². The topological polar surface area (TPSA) is 93.2 Å². The van der Waals surface area contributed by atoms with E-state index in [4.69, 9.17) is 0 Å². The second-order valence-corrected chi connectivity index (χ2v) is 8.33. The standard InChI is InChI=1S/C24H22FN5O3/c25-18-6-4-5-17(13-18)22(31)28-11-9-24(33,10-12-28)15-29-16-26-21-20(23(29)32)14-27-30(21)19-7-2-1-3-8-19/h1-8,13-14,16,33H,9-12,15H2. The van der Waals surface area contributed by atoms with E-state index < -0.39 is 11.4 Å². The summed E-state index contributed by atoms with van der Waals surface area (Å²) < 4.78 is 16.4. The Morgan fingerprint density at radius 3 is 2.58 bits per heavy atom. The number of halogens is 1. The summed E-state index contributed by atoms with van der Waals surface area (Å²) in [5.74, 6) is -0.739. The van der Waals surface area contributed by atoms with Crippen LogP contribution in [0.15, 0.2) is 71.9 Å². The molecule has 0 saturated carbocycles. The predicted molar refractivity (Wildman–Crippen MR) is 120 cm³/mol. The van der Waals surface area contributed by atoms with Gasteiger partial charge in [-0.15, -0.1) is 0 Å². The smallest absolute Gasteiger partial charge is 0.264 e. The Bertz CT molecular complexity index is 1370. The molecule has 0 spiro atoms. The van der Waals surface area contributed by atoms with Crippen LogP contribution < -0.4 is 5.56 Å². The molecule has 9 heteroatoms. The molecule has 0 aliphatic carbocycles. The Labute approximate surface area is 188 Å². The van der Waals surface area contributed by atoms with E-state index in [-0.39, 0.29) is 23.6 Å². The maximum Gasteiger partial charge on any atom is 0.264 e. The van der Waals surface area contributed by atoms with Crippen molar-refractivity contribution >= 4 is 16.9 Å². The van der Waals surface area contributed by atoms with Gasteiger partial charge in [-0.25, -0.2) is 14.1 Å². The van der Waals surface area contributed by atoms with Crippen LogP contribution in [-0.4, -0.2) is 53.9 Å². The first kappa shape index (κ1) is 21.0. The summed E-state index contributed by atoms with van der Waals surface area (Å²) in [6.45, 7) is 0.678. The molecular weight excluding hydrogens is 425 g/mol. The van der Waals surface area contributed by atoms with Crippen molar-refractivity contribution in [2.24, 2.45) is 0 Å². The number of nitrogens with zero attached hydrogens (tertiary/aromatic N) is 5. The number of hydrogen-bond donors (Lipinski definition) is 1. The lowest BCUT2D eigenvalue weighted by Gasteiger charge is -2.38. The molecule has 0 bridgehead atoms. The molecule has 1 N–H and O–H groups in total. The van der Waals surface area contributed by atoms with Crippen molar-refractivity contribution in [3.8, 4) is 5.69 Å². The number of rotatable bonds is 4. The third-order valence-corrected chi connectivity index (χ3v) is 6.07. The maximum absolute atomic E-state index is 13.5.